The van der Waals surface area contributed by atoms with Gasteiger partial charge >= 0.3 is 5.97 Å². The second-order valence-corrected chi connectivity index (χ2v) is 6.43. The summed E-state index contributed by atoms with van der Waals surface area (Å²) in [5.74, 6) is 0.182. The first-order chi connectivity index (χ1) is 13.4. The van der Waals surface area contributed by atoms with Crippen molar-refractivity contribution in [3.05, 3.63) is 59.2 Å². The van der Waals surface area contributed by atoms with E-state index in [9.17, 15) is 9.59 Å². The number of hydrogen-bond acceptors (Lipinski definition) is 5. The minimum atomic E-state index is -0.422. The molecule has 1 aliphatic heterocycles. The van der Waals surface area contributed by atoms with Crippen LogP contribution in [0.2, 0.25) is 0 Å². The van der Waals surface area contributed by atoms with E-state index in [4.69, 9.17) is 9.47 Å². The minimum absolute atomic E-state index is 0.191. The highest BCUT2D eigenvalue weighted by Gasteiger charge is 2.28. The Balaban J connectivity index is 1.91. The predicted molar refractivity (Wildman–Crippen MR) is 109 cm³/mol. The molecule has 6 heteroatoms. The fourth-order valence-corrected chi connectivity index (χ4v) is 2.83. The van der Waals surface area contributed by atoms with Crippen LogP contribution in [0.3, 0.4) is 0 Å². The Morgan fingerprint density at radius 3 is 2.46 bits per heavy atom. The Hall–Kier alpha value is -3.41. The number of ether oxygens (including phenoxy) is 2. The zero-order valence-electron chi connectivity index (χ0n) is 16.4. The lowest BCUT2D eigenvalue weighted by atomic mass is 10.1. The van der Waals surface area contributed by atoms with E-state index in [1.165, 1.54) is 11.9 Å². The SMILES string of the molecule is CCOc1cc(C=C2C(=O)N(c3ccc(C)cc3)N=C2C)ccc1OC(C)=O. The van der Waals surface area contributed by atoms with Crippen LogP contribution in [-0.4, -0.2) is 24.2 Å². The summed E-state index contributed by atoms with van der Waals surface area (Å²) in [6.45, 7) is 7.40. The van der Waals surface area contributed by atoms with Gasteiger partial charge in [-0.3, -0.25) is 9.59 Å². The number of carbonyl (C=O) groups is 2. The van der Waals surface area contributed by atoms with E-state index < -0.39 is 5.97 Å². The van der Waals surface area contributed by atoms with Gasteiger partial charge in [0, 0.05) is 6.92 Å². The molecular weight excluding hydrogens is 356 g/mol. The van der Waals surface area contributed by atoms with Gasteiger partial charge in [-0.2, -0.15) is 10.1 Å². The smallest absolute Gasteiger partial charge is 0.308 e. The van der Waals surface area contributed by atoms with Gasteiger partial charge in [-0.15, -0.1) is 0 Å². The molecule has 0 bridgehead atoms. The van der Waals surface area contributed by atoms with Crippen LogP contribution in [0.5, 0.6) is 11.5 Å². The lowest BCUT2D eigenvalue weighted by Crippen LogP contribution is -2.21. The van der Waals surface area contributed by atoms with E-state index in [1.54, 1.807) is 31.2 Å². The first-order valence-corrected chi connectivity index (χ1v) is 9.02. The molecule has 0 spiro atoms. The molecule has 144 valence electrons. The first-order valence-electron chi connectivity index (χ1n) is 9.02. The number of esters is 1. The molecule has 1 heterocycles. The fraction of sp³-hybridized carbons (Fsp3) is 0.227. The number of carbonyl (C=O) groups excluding carboxylic acids is 2. The summed E-state index contributed by atoms with van der Waals surface area (Å²) in [7, 11) is 0. The lowest BCUT2D eigenvalue weighted by Gasteiger charge is -2.12. The third kappa shape index (κ3) is 4.11. The van der Waals surface area contributed by atoms with Crippen LogP contribution in [0.25, 0.3) is 6.08 Å². The van der Waals surface area contributed by atoms with Gasteiger partial charge in [-0.25, -0.2) is 0 Å². The van der Waals surface area contributed by atoms with E-state index in [1.807, 2.05) is 38.1 Å². The summed E-state index contributed by atoms with van der Waals surface area (Å²) in [4.78, 5) is 24.1. The number of anilines is 1. The summed E-state index contributed by atoms with van der Waals surface area (Å²) in [5.41, 5.74) is 3.72. The number of rotatable bonds is 5. The molecule has 0 aliphatic carbocycles. The molecule has 2 aromatic rings. The van der Waals surface area contributed by atoms with Crippen LogP contribution in [0.4, 0.5) is 5.69 Å². The maximum absolute atomic E-state index is 12.9. The summed E-state index contributed by atoms with van der Waals surface area (Å²) in [5, 5.41) is 5.79. The van der Waals surface area contributed by atoms with Crippen LogP contribution >= 0.6 is 0 Å². The molecule has 0 N–H and O–H groups in total. The molecule has 1 amide bonds. The normalized spacial score (nSPS) is 15.0. The molecule has 0 saturated carbocycles. The number of hydrazone groups is 1. The van der Waals surface area contributed by atoms with Crippen molar-refractivity contribution in [2.24, 2.45) is 5.10 Å². The fourth-order valence-electron chi connectivity index (χ4n) is 2.83. The summed E-state index contributed by atoms with van der Waals surface area (Å²) in [6.07, 6.45) is 1.76. The van der Waals surface area contributed by atoms with Gasteiger partial charge < -0.3 is 9.47 Å². The van der Waals surface area contributed by atoms with Crippen LogP contribution in [-0.2, 0) is 9.59 Å². The molecule has 6 nitrogen and oxygen atoms in total. The number of benzene rings is 2. The van der Waals surface area contributed by atoms with Crippen molar-refractivity contribution in [3.63, 3.8) is 0 Å². The van der Waals surface area contributed by atoms with Gasteiger partial charge in [0.25, 0.3) is 5.91 Å². The molecule has 28 heavy (non-hydrogen) atoms. The summed E-state index contributed by atoms with van der Waals surface area (Å²) < 4.78 is 10.7. The first kappa shape index (κ1) is 19.4. The highest BCUT2D eigenvalue weighted by atomic mass is 16.6. The van der Waals surface area contributed by atoms with Gasteiger partial charge in [0.2, 0.25) is 0 Å². The maximum Gasteiger partial charge on any atom is 0.308 e. The number of aryl methyl sites for hydroxylation is 1. The average molecular weight is 378 g/mol. The maximum atomic E-state index is 12.9. The second kappa shape index (κ2) is 8.08. The van der Waals surface area contributed by atoms with Crippen LogP contribution in [0.15, 0.2) is 53.1 Å². The monoisotopic (exact) mass is 378 g/mol. The lowest BCUT2D eigenvalue weighted by molar-refractivity contribution is -0.132. The molecule has 0 aromatic heterocycles. The Labute approximate surface area is 164 Å². The molecule has 0 unspecified atom stereocenters. The highest BCUT2D eigenvalue weighted by Crippen LogP contribution is 2.31. The van der Waals surface area contributed by atoms with E-state index in [2.05, 4.69) is 5.10 Å². The molecule has 2 aromatic carbocycles. The van der Waals surface area contributed by atoms with Crippen molar-refractivity contribution in [2.75, 3.05) is 11.6 Å². The second-order valence-electron chi connectivity index (χ2n) is 6.43. The van der Waals surface area contributed by atoms with E-state index in [-0.39, 0.29) is 5.91 Å². The zero-order valence-corrected chi connectivity index (χ0v) is 16.4. The van der Waals surface area contributed by atoms with E-state index in [0.29, 0.717) is 29.4 Å². The van der Waals surface area contributed by atoms with Crippen molar-refractivity contribution in [1.29, 1.82) is 0 Å². The summed E-state index contributed by atoms with van der Waals surface area (Å²) >= 11 is 0. The van der Waals surface area contributed by atoms with Crippen molar-refractivity contribution in [1.82, 2.24) is 0 Å². The van der Waals surface area contributed by atoms with Crippen molar-refractivity contribution < 1.29 is 19.1 Å². The minimum Gasteiger partial charge on any atom is -0.490 e. The Bertz CT molecular complexity index is 975. The van der Waals surface area contributed by atoms with Gasteiger partial charge in [0.1, 0.15) is 0 Å². The van der Waals surface area contributed by atoms with Crippen molar-refractivity contribution >= 4 is 29.4 Å². The van der Waals surface area contributed by atoms with Crippen molar-refractivity contribution in [2.45, 2.75) is 27.7 Å². The van der Waals surface area contributed by atoms with Crippen LogP contribution in [0.1, 0.15) is 31.9 Å². The molecule has 0 fully saturated rings. The highest BCUT2D eigenvalue weighted by molar-refractivity contribution is 6.32. The molecule has 0 saturated heterocycles. The average Bonchev–Trinajstić information content (AvgIpc) is 2.92. The predicted octanol–water partition coefficient (Wildman–Crippen LogP) is 4.13. The number of amides is 1. The van der Waals surface area contributed by atoms with Gasteiger partial charge in [0.05, 0.1) is 23.6 Å². The Morgan fingerprint density at radius 2 is 1.82 bits per heavy atom. The molecule has 0 atom stereocenters. The number of hydrogen-bond donors (Lipinski definition) is 0. The third-order valence-corrected chi connectivity index (χ3v) is 4.17. The quantitative estimate of drug-likeness (QED) is 0.446. The topological polar surface area (TPSA) is 68.2 Å². The van der Waals surface area contributed by atoms with Gasteiger partial charge in [-0.1, -0.05) is 23.8 Å². The molecular formula is C22H22N2O4. The van der Waals surface area contributed by atoms with Gasteiger partial charge in [-0.05, 0) is 56.7 Å². The largest absolute Gasteiger partial charge is 0.490 e. The molecule has 1 aliphatic rings. The van der Waals surface area contributed by atoms with Gasteiger partial charge in [0.15, 0.2) is 11.5 Å². The Kier molecular flexibility index (Phi) is 5.59. The zero-order chi connectivity index (χ0) is 20.3. The van der Waals surface area contributed by atoms with E-state index >= 15 is 0 Å². The number of nitrogens with zero attached hydrogens (tertiary/aromatic N) is 2. The Morgan fingerprint density at radius 1 is 1.11 bits per heavy atom. The molecule has 0 radical (unpaired) electrons. The van der Waals surface area contributed by atoms with E-state index in [0.717, 1.165) is 16.8 Å². The standard InChI is InChI=1S/C22H22N2O4/c1-5-27-21-13-17(8-11-20(21)28-16(4)25)12-19-15(3)23-24(22(19)26)18-9-6-14(2)7-10-18/h6-13H,5H2,1-4H3. The molecule has 3 rings (SSSR count). The summed E-state index contributed by atoms with van der Waals surface area (Å²) in [6, 6.07) is 12.8. The third-order valence-electron chi connectivity index (χ3n) is 4.17. The van der Waals surface area contributed by atoms with Crippen LogP contribution < -0.4 is 14.5 Å². The van der Waals surface area contributed by atoms with Crippen LogP contribution in [0, 0.1) is 6.92 Å². The van der Waals surface area contributed by atoms with Crippen molar-refractivity contribution in [3.8, 4) is 11.5 Å².